The van der Waals surface area contributed by atoms with Crippen LogP contribution >= 0.6 is 0 Å². The predicted octanol–water partition coefficient (Wildman–Crippen LogP) is 13.5. The number of aromatic nitrogens is 3. The van der Waals surface area contributed by atoms with Crippen LogP contribution in [0.2, 0.25) is 0 Å². The molecule has 0 N–H and O–H groups in total. The molecular formula is C51H33N3O2. The zero-order chi connectivity index (χ0) is 37.0. The molecule has 7 aromatic carbocycles. The fourth-order valence-electron chi connectivity index (χ4n) is 7.85. The Balaban J connectivity index is 0.941. The summed E-state index contributed by atoms with van der Waals surface area (Å²) in [5, 5.41) is 4.73. The molecule has 0 amide bonds. The molecule has 56 heavy (non-hydrogen) atoms. The maximum absolute atomic E-state index is 6.08. The van der Waals surface area contributed by atoms with E-state index in [9.17, 15) is 0 Å². The Morgan fingerprint density at radius 2 is 1.16 bits per heavy atom. The van der Waals surface area contributed by atoms with Crippen LogP contribution in [0.25, 0.3) is 94.6 Å². The van der Waals surface area contributed by atoms with Gasteiger partial charge >= 0.3 is 0 Å². The van der Waals surface area contributed by atoms with E-state index in [0.29, 0.717) is 11.7 Å². The third-order valence-corrected chi connectivity index (χ3v) is 10.9. The maximum Gasteiger partial charge on any atom is 0.227 e. The zero-order valence-electron chi connectivity index (χ0n) is 30.3. The summed E-state index contributed by atoms with van der Waals surface area (Å²) in [4.78, 5) is 15.1. The summed E-state index contributed by atoms with van der Waals surface area (Å²) in [6.07, 6.45) is 7.70. The van der Waals surface area contributed by atoms with Crippen molar-refractivity contribution in [2.75, 3.05) is 0 Å². The number of hydrogen-bond donors (Lipinski definition) is 0. The predicted molar refractivity (Wildman–Crippen MR) is 227 cm³/mol. The van der Waals surface area contributed by atoms with Crippen molar-refractivity contribution >= 4 is 49.4 Å². The molecule has 5 nitrogen and oxygen atoms in total. The average Bonchev–Trinajstić information content (AvgIpc) is 3.88. The number of oxazole rings is 1. The van der Waals surface area contributed by atoms with Crippen molar-refractivity contribution in [2.45, 2.75) is 12.3 Å². The van der Waals surface area contributed by atoms with Gasteiger partial charge in [-0.15, -0.1) is 0 Å². The monoisotopic (exact) mass is 719 g/mol. The third-order valence-electron chi connectivity index (χ3n) is 10.9. The lowest BCUT2D eigenvalue weighted by Crippen LogP contribution is -2.05. The van der Waals surface area contributed by atoms with Crippen LogP contribution in [0, 0.1) is 0 Å². The number of fused-ring (bicyclic) bond motifs is 5. The van der Waals surface area contributed by atoms with Gasteiger partial charge in [-0.3, -0.25) is 0 Å². The number of rotatable bonds is 6. The van der Waals surface area contributed by atoms with Crippen LogP contribution in [-0.4, -0.2) is 15.0 Å². The van der Waals surface area contributed by atoms with Crippen LogP contribution in [-0.2, 0) is 0 Å². The standard InChI is InChI=1S/C51H33N3O2/c1-2-8-39-29-40(26-17-32(39)7-1)33-13-18-35(19-14-33)45-31-46(36-20-24-38(25-21-36)51-54-44-10-4-6-12-49(44)56-51)53-50(52-45)37-22-15-34(16-23-37)41-27-28-48-43(30-41)42-9-3-5-11-47(42)55-48/h1-18,20-31,35H,19H2. The van der Waals surface area contributed by atoms with E-state index in [-0.39, 0.29) is 5.92 Å². The van der Waals surface area contributed by atoms with Crippen LogP contribution in [0.5, 0.6) is 0 Å². The lowest BCUT2D eigenvalue weighted by atomic mass is 9.89. The summed E-state index contributed by atoms with van der Waals surface area (Å²) in [7, 11) is 0. The highest BCUT2D eigenvalue weighted by Gasteiger charge is 2.19. The molecule has 10 aromatic rings. The molecule has 1 atom stereocenters. The summed E-state index contributed by atoms with van der Waals surface area (Å²) < 4.78 is 12.1. The molecule has 3 aromatic heterocycles. The Labute approximate surface area is 322 Å². The second kappa shape index (κ2) is 13.2. The van der Waals surface area contributed by atoms with Gasteiger partial charge in [0.2, 0.25) is 5.89 Å². The van der Waals surface area contributed by atoms with Crippen LogP contribution in [0.1, 0.15) is 23.6 Å². The van der Waals surface area contributed by atoms with Crippen molar-refractivity contribution in [1.82, 2.24) is 15.0 Å². The molecule has 5 heteroatoms. The maximum atomic E-state index is 6.08. The first-order chi connectivity index (χ1) is 27.7. The lowest BCUT2D eigenvalue weighted by Gasteiger charge is -2.18. The highest BCUT2D eigenvalue weighted by atomic mass is 16.3. The van der Waals surface area contributed by atoms with Gasteiger partial charge in [-0.25, -0.2) is 15.0 Å². The van der Waals surface area contributed by atoms with E-state index in [1.54, 1.807) is 0 Å². The Morgan fingerprint density at radius 3 is 2.00 bits per heavy atom. The molecule has 1 aliphatic rings. The Kier molecular flexibility index (Phi) is 7.56. The molecule has 0 saturated heterocycles. The van der Waals surface area contributed by atoms with E-state index in [1.807, 2.05) is 36.4 Å². The first-order valence-electron chi connectivity index (χ1n) is 18.9. The second-order valence-corrected chi connectivity index (χ2v) is 14.4. The lowest BCUT2D eigenvalue weighted by molar-refractivity contribution is 0.620. The average molecular weight is 720 g/mol. The number of para-hydroxylation sites is 3. The fraction of sp³-hybridized carbons (Fsp3) is 0.0392. The van der Waals surface area contributed by atoms with Gasteiger partial charge in [0.25, 0.3) is 0 Å². The minimum Gasteiger partial charge on any atom is -0.456 e. The number of furan rings is 1. The van der Waals surface area contributed by atoms with Crippen LogP contribution in [0.4, 0.5) is 0 Å². The Bertz CT molecular complexity index is 3130. The first-order valence-corrected chi connectivity index (χ1v) is 18.9. The Morgan fingerprint density at radius 1 is 0.464 bits per heavy atom. The van der Waals surface area contributed by atoms with E-state index in [2.05, 4.69) is 146 Å². The number of benzene rings is 7. The third kappa shape index (κ3) is 5.78. The molecule has 0 bridgehead atoms. The summed E-state index contributed by atoms with van der Waals surface area (Å²) >= 11 is 0. The second-order valence-electron chi connectivity index (χ2n) is 14.4. The van der Waals surface area contributed by atoms with E-state index in [0.717, 1.165) is 78.7 Å². The summed E-state index contributed by atoms with van der Waals surface area (Å²) in [5.74, 6) is 1.40. The normalized spacial score (nSPS) is 14.2. The quantitative estimate of drug-likeness (QED) is 0.171. The Hall–Kier alpha value is -7.37. The first kappa shape index (κ1) is 32.1. The van der Waals surface area contributed by atoms with E-state index < -0.39 is 0 Å². The molecule has 0 radical (unpaired) electrons. The highest BCUT2D eigenvalue weighted by molar-refractivity contribution is 6.06. The topological polar surface area (TPSA) is 65.0 Å². The number of hydrogen-bond acceptors (Lipinski definition) is 5. The van der Waals surface area contributed by atoms with Crippen LogP contribution in [0.3, 0.4) is 0 Å². The smallest absolute Gasteiger partial charge is 0.227 e. The van der Waals surface area contributed by atoms with Gasteiger partial charge in [0, 0.05) is 33.4 Å². The van der Waals surface area contributed by atoms with E-state index in [4.69, 9.17) is 23.8 Å². The van der Waals surface area contributed by atoms with Gasteiger partial charge in [0.1, 0.15) is 16.7 Å². The van der Waals surface area contributed by atoms with Gasteiger partial charge in [0.15, 0.2) is 11.4 Å². The minimum atomic E-state index is 0.106. The molecule has 1 aliphatic carbocycles. The van der Waals surface area contributed by atoms with Crippen LogP contribution in [0.15, 0.2) is 191 Å². The minimum absolute atomic E-state index is 0.106. The molecule has 264 valence electrons. The molecule has 0 fully saturated rings. The highest BCUT2D eigenvalue weighted by Crippen LogP contribution is 2.36. The molecular weight excluding hydrogens is 687 g/mol. The fourth-order valence-corrected chi connectivity index (χ4v) is 7.85. The van der Waals surface area contributed by atoms with Crippen molar-refractivity contribution in [3.8, 4) is 45.2 Å². The summed E-state index contributed by atoms with van der Waals surface area (Å²) in [6, 6.07) is 56.6. The van der Waals surface area contributed by atoms with E-state index >= 15 is 0 Å². The molecule has 1 unspecified atom stereocenters. The van der Waals surface area contributed by atoms with Gasteiger partial charge in [-0.05, 0) is 94.1 Å². The molecule has 0 aliphatic heterocycles. The summed E-state index contributed by atoms with van der Waals surface area (Å²) in [5.41, 5.74) is 12.8. The van der Waals surface area contributed by atoms with Crippen molar-refractivity contribution in [3.63, 3.8) is 0 Å². The summed E-state index contributed by atoms with van der Waals surface area (Å²) in [6.45, 7) is 0. The van der Waals surface area contributed by atoms with Gasteiger partial charge in [-0.1, -0.05) is 127 Å². The number of nitrogens with zero attached hydrogens (tertiary/aromatic N) is 3. The van der Waals surface area contributed by atoms with Gasteiger partial charge in [-0.2, -0.15) is 0 Å². The van der Waals surface area contributed by atoms with E-state index in [1.165, 1.54) is 21.9 Å². The number of allylic oxidation sites excluding steroid dienone is 4. The largest absolute Gasteiger partial charge is 0.456 e. The van der Waals surface area contributed by atoms with Gasteiger partial charge < -0.3 is 8.83 Å². The SMILES string of the molecule is C1=CC(c2cc(-c3ccc(-c4nc5ccccc5o4)cc3)nc(-c3ccc(-c4ccc5oc6ccccc6c5c4)cc3)n2)CC=C1c1ccc2ccccc2c1. The zero-order valence-corrected chi connectivity index (χ0v) is 30.3. The van der Waals surface area contributed by atoms with Crippen LogP contribution < -0.4 is 0 Å². The van der Waals surface area contributed by atoms with Crippen molar-refractivity contribution in [2.24, 2.45) is 0 Å². The molecule has 0 saturated carbocycles. The van der Waals surface area contributed by atoms with Gasteiger partial charge in [0.05, 0.1) is 11.4 Å². The van der Waals surface area contributed by atoms with Crippen molar-refractivity contribution in [1.29, 1.82) is 0 Å². The molecule has 0 spiro atoms. The molecule has 3 heterocycles. The molecule has 11 rings (SSSR count). The van der Waals surface area contributed by atoms with Crippen molar-refractivity contribution < 1.29 is 8.83 Å². The van der Waals surface area contributed by atoms with Crippen molar-refractivity contribution in [3.05, 3.63) is 193 Å².